The maximum absolute atomic E-state index is 10.8. The maximum Gasteiger partial charge on any atom is 0.309 e. The standard InChI is InChI=1S/C11H11BrO2/c1-14-11(13)7-3-5-9-4-2-6-10(12)8-9/h2-6,8H,7H2,1H3/b5-3-. The van der Waals surface area contributed by atoms with E-state index in [1.165, 1.54) is 7.11 Å². The SMILES string of the molecule is COC(=O)C/C=C\c1cccc(Br)c1. The van der Waals surface area contributed by atoms with Crippen LogP contribution in [0, 0.1) is 0 Å². The number of esters is 1. The van der Waals surface area contributed by atoms with Gasteiger partial charge in [-0.05, 0) is 17.7 Å². The molecule has 0 heterocycles. The molecule has 0 N–H and O–H groups in total. The minimum atomic E-state index is -0.226. The van der Waals surface area contributed by atoms with Crippen LogP contribution in [0.25, 0.3) is 6.08 Å². The summed E-state index contributed by atoms with van der Waals surface area (Å²) in [6, 6.07) is 7.85. The predicted octanol–water partition coefficient (Wildman–Crippen LogP) is 3.03. The second kappa shape index (κ2) is 5.60. The highest BCUT2D eigenvalue weighted by atomic mass is 79.9. The number of carbonyl (C=O) groups is 1. The Morgan fingerprint density at radius 3 is 3.00 bits per heavy atom. The van der Waals surface area contributed by atoms with Crippen molar-refractivity contribution in [3.05, 3.63) is 40.4 Å². The Kier molecular flexibility index (Phi) is 4.40. The first-order valence-electron chi connectivity index (χ1n) is 4.21. The monoisotopic (exact) mass is 254 g/mol. The van der Waals surface area contributed by atoms with Gasteiger partial charge in [0, 0.05) is 4.47 Å². The van der Waals surface area contributed by atoms with Crippen molar-refractivity contribution in [3.63, 3.8) is 0 Å². The number of ether oxygens (including phenoxy) is 1. The van der Waals surface area contributed by atoms with E-state index >= 15 is 0 Å². The molecule has 0 spiro atoms. The summed E-state index contributed by atoms with van der Waals surface area (Å²) >= 11 is 3.37. The molecule has 0 aliphatic carbocycles. The molecule has 3 heteroatoms. The molecule has 14 heavy (non-hydrogen) atoms. The zero-order chi connectivity index (χ0) is 10.4. The van der Waals surface area contributed by atoms with Gasteiger partial charge in [0.2, 0.25) is 0 Å². The van der Waals surface area contributed by atoms with Gasteiger partial charge in [0.15, 0.2) is 0 Å². The van der Waals surface area contributed by atoms with Gasteiger partial charge in [0.05, 0.1) is 13.5 Å². The molecule has 0 unspecified atom stereocenters. The van der Waals surface area contributed by atoms with E-state index < -0.39 is 0 Å². The quantitative estimate of drug-likeness (QED) is 0.776. The second-order valence-electron chi connectivity index (χ2n) is 2.74. The Balaban J connectivity index is 2.56. The van der Waals surface area contributed by atoms with Crippen molar-refractivity contribution in [2.24, 2.45) is 0 Å². The minimum absolute atomic E-state index is 0.226. The van der Waals surface area contributed by atoms with Gasteiger partial charge >= 0.3 is 5.97 Å². The highest BCUT2D eigenvalue weighted by molar-refractivity contribution is 9.10. The topological polar surface area (TPSA) is 26.3 Å². The molecule has 1 aromatic carbocycles. The Morgan fingerprint density at radius 1 is 1.57 bits per heavy atom. The molecule has 1 aromatic rings. The summed E-state index contributed by atoms with van der Waals surface area (Å²) in [6.45, 7) is 0. The van der Waals surface area contributed by atoms with Crippen molar-refractivity contribution in [2.45, 2.75) is 6.42 Å². The van der Waals surface area contributed by atoms with Gasteiger partial charge in [-0.1, -0.05) is 40.2 Å². The van der Waals surface area contributed by atoms with Crippen LogP contribution in [-0.2, 0) is 9.53 Å². The molecule has 0 radical (unpaired) electrons. The maximum atomic E-state index is 10.8. The lowest BCUT2D eigenvalue weighted by atomic mass is 10.2. The fourth-order valence-corrected chi connectivity index (χ4v) is 1.40. The summed E-state index contributed by atoms with van der Waals surface area (Å²) in [5, 5.41) is 0. The summed E-state index contributed by atoms with van der Waals surface area (Å²) in [4.78, 5) is 10.8. The van der Waals surface area contributed by atoms with Crippen LogP contribution in [0.3, 0.4) is 0 Å². The molecular formula is C11H11BrO2. The molecular weight excluding hydrogens is 244 g/mol. The van der Waals surface area contributed by atoms with Crippen LogP contribution >= 0.6 is 15.9 Å². The van der Waals surface area contributed by atoms with Crippen LogP contribution in [0.5, 0.6) is 0 Å². The fraction of sp³-hybridized carbons (Fsp3) is 0.182. The largest absolute Gasteiger partial charge is 0.469 e. The minimum Gasteiger partial charge on any atom is -0.469 e. The van der Waals surface area contributed by atoms with Crippen LogP contribution in [0.4, 0.5) is 0 Å². The Labute approximate surface area is 91.7 Å². The third kappa shape index (κ3) is 3.75. The van der Waals surface area contributed by atoms with Crippen molar-refractivity contribution >= 4 is 28.0 Å². The third-order valence-electron chi connectivity index (χ3n) is 1.67. The molecule has 0 atom stereocenters. The lowest BCUT2D eigenvalue weighted by molar-refractivity contribution is -0.139. The molecule has 0 saturated heterocycles. The van der Waals surface area contributed by atoms with Crippen molar-refractivity contribution in [2.75, 3.05) is 7.11 Å². The van der Waals surface area contributed by atoms with Gasteiger partial charge in [-0.15, -0.1) is 0 Å². The van der Waals surface area contributed by atoms with Crippen molar-refractivity contribution in [3.8, 4) is 0 Å². The van der Waals surface area contributed by atoms with Gasteiger partial charge in [-0.3, -0.25) is 4.79 Å². The smallest absolute Gasteiger partial charge is 0.309 e. The number of benzene rings is 1. The van der Waals surface area contributed by atoms with Gasteiger partial charge in [0.1, 0.15) is 0 Å². The third-order valence-corrected chi connectivity index (χ3v) is 2.16. The highest BCUT2D eigenvalue weighted by Gasteiger charge is 1.94. The van der Waals surface area contributed by atoms with Crippen molar-refractivity contribution in [1.82, 2.24) is 0 Å². The number of hydrogen-bond acceptors (Lipinski definition) is 2. The van der Waals surface area contributed by atoms with Gasteiger partial charge < -0.3 is 4.74 Å². The first kappa shape index (κ1) is 11.0. The number of carbonyl (C=O) groups excluding carboxylic acids is 1. The van der Waals surface area contributed by atoms with Gasteiger partial charge in [-0.2, -0.15) is 0 Å². The molecule has 0 aromatic heterocycles. The second-order valence-corrected chi connectivity index (χ2v) is 3.65. The average Bonchev–Trinajstić information content (AvgIpc) is 2.17. The number of hydrogen-bond donors (Lipinski definition) is 0. The van der Waals surface area contributed by atoms with Gasteiger partial charge in [-0.25, -0.2) is 0 Å². The molecule has 0 amide bonds. The summed E-state index contributed by atoms with van der Waals surface area (Å²) in [5.41, 5.74) is 1.06. The van der Waals surface area contributed by atoms with Crippen LogP contribution in [-0.4, -0.2) is 13.1 Å². The summed E-state index contributed by atoms with van der Waals surface area (Å²) in [7, 11) is 1.38. The summed E-state index contributed by atoms with van der Waals surface area (Å²) in [5.74, 6) is -0.226. The number of rotatable bonds is 3. The molecule has 0 saturated carbocycles. The lowest BCUT2D eigenvalue weighted by Gasteiger charge is -1.94. The first-order valence-corrected chi connectivity index (χ1v) is 5.00. The van der Waals surface area contributed by atoms with Crippen molar-refractivity contribution in [1.29, 1.82) is 0 Å². The molecule has 0 fully saturated rings. The fourth-order valence-electron chi connectivity index (χ4n) is 0.985. The Morgan fingerprint density at radius 2 is 2.36 bits per heavy atom. The molecule has 0 aliphatic rings. The molecule has 2 nitrogen and oxygen atoms in total. The number of halogens is 1. The molecule has 74 valence electrons. The zero-order valence-electron chi connectivity index (χ0n) is 7.87. The van der Waals surface area contributed by atoms with E-state index in [1.54, 1.807) is 6.08 Å². The summed E-state index contributed by atoms with van der Waals surface area (Å²) < 4.78 is 5.54. The number of methoxy groups -OCH3 is 1. The van der Waals surface area contributed by atoms with E-state index in [2.05, 4.69) is 20.7 Å². The average molecular weight is 255 g/mol. The summed E-state index contributed by atoms with van der Waals surface area (Å²) in [6.07, 6.45) is 3.98. The molecule has 1 rings (SSSR count). The van der Waals surface area contributed by atoms with E-state index in [9.17, 15) is 4.79 Å². The van der Waals surface area contributed by atoms with Crippen LogP contribution in [0.15, 0.2) is 34.8 Å². The van der Waals surface area contributed by atoms with E-state index in [1.807, 2.05) is 30.3 Å². The molecule has 0 aliphatic heterocycles. The van der Waals surface area contributed by atoms with E-state index in [-0.39, 0.29) is 5.97 Å². The highest BCUT2D eigenvalue weighted by Crippen LogP contribution is 2.12. The van der Waals surface area contributed by atoms with E-state index in [0.29, 0.717) is 6.42 Å². The van der Waals surface area contributed by atoms with Crippen LogP contribution < -0.4 is 0 Å². The Bertz CT molecular complexity index is 345. The predicted molar refractivity (Wildman–Crippen MR) is 59.8 cm³/mol. The normalized spacial score (nSPS) is 10.4. The first-order chi connectivity index (χ1) is 6.72. The Hall–Kier alpha value is -1.09. The van der Waals surface area contributed by atoms with Crippen LogP contribution in [0.1, 0.15) is 12.0 Å². The zero-order valence-corrected chi connectivity index (χ0v) is 9.45. The van der Waals surface area contributed by atoms with Crippen molar-refractivity contribution < 1.29 is 9.53 Å². The van der Waals surface area contributed by atoms with E-state index in [4.69, 9.17) is 0 Å². The van der Waals surface area contributed by atoms with Gasteiger partial charge in [0.25, 0.3) is 0 Å². The van der Waals surface area contributed by atoms with Crippen LogP contribution in [0.2, 0.25) is 0 Å². The molecule has 0 bridgehead atoms. The van der Waals surface area contributed by atoms with E-state index in [0.717, 1.165) is 10.0 Å². The lowest BCUT2D eigenvalue weighted by Crippen LogP contribution is -1.96.